The molecule has 2 aromatic rings. The van der Waals surface area contributed by atoms with Gasteiger partial charge in [-0.25, -0.2) is 4.98 Å². The molecule has 1 aromatic heterocycles. The Morgan fingerprint density at radius 2 is 2.00 bits per heavy atom. The largest absolute Gasteiger partial charge is 0.479 e. The number of likely N-dealkylation sites (tertiary alicyclic amines) is 1. The molecule has 160 valence electrons. The Labute approximate surface area is 181 Å². The minimum Gasteiger partial charge on any atom is -0.479 e. The van der Waals surface area contributed by atoms with Crippen LogP contribution in [0.25, 0.3) is 11.3 Å². The summed E-state index contributed by atoms with van der Waals surface area (Å²) in [6.45, 7) is 5.49. The molecule has 3 heterocycles. The van der Waals surface area contributed by atoms with Crippen molar-refractivity contribution in [3.63, 3.8) is 0 Å². The summed E-state index contributed by atoms with van der Waals surface area (Å²) >= 11 is 1.66. The van der Waals surface area contributed by atoms with Crippen LogP contribution in [0.15, 0.2) is 23.6 Å². The van der Waals surface area contributed by atoms with E-state index in [9.17, 15) is 9.59 Å². The van der Waals surface area contributed by atoms with E-state index in [-0.39, 0.29) is 18.4 Å². The van der Waals surface area contributed by atoms with Crippen LogP contribution >= 0.6 is 11.3 Å². The summed E-state index contributed by atoms with van der Waals surface area (Å²) in [6.07, 6.45) is 5.81. The van der Waals surface area contributed by atoms with Gasteiger partial charge in [0.25, 0.3) is 5.91 Å². The van der Waals surface area contributed by atoms with E-state index in [2.05, 4.69) is 6.92 Å². The van der Waals surface area contributed by atoms with Crippen molar-refractivity contribution in [2.24, 2.45) is 0 Å². The molecule has 2 aliphatic heterocycles. The molecule has 1 atom stereocenters. The average Bonchev–Trinajstić information content (AvgIpc) is 3.03. The van der Waals surface area contributed by atoms with E-state index < -0.39 is 6.10 Å². The Morgan fingerprint density at radius 1 is 1.23 bits per heavy atom. The molecule has 2 amide bonds. The molecule has 0 aliphatic carbocycles. The first kappa shape index (κ1) is 20.8. The average molecular weight is 428 g/mol. The molecule has 0 N–H and O–H groups in total. The molecule has 0 saturated carbocycles. The third-order valence-corrected chi connectivity index (χ3v) is 6.64. The number of hydrogen-bond donors (Lipinski definition) is 0. The van der Waals surface area contributed by atoms with Crippen LogP contribution < -0.4 is 9.64 Å². The van der Waals surface area contributed by atoms with Gasteiger partial charge in [0.05, 0.1) is 16.4 Å². The lowest BCUT2D eigenvalue weighted by Gasteiger charge is -2.34. The summed E-state index contributed by atoms with van der Waals surface area (Å²) in [5, 5.41) is 3.16. The van der Waals surface area contributed by atoms with Crippen molar-refractivity contribution in [1.29, 1.82) is 0 Å². The topological polar surface area (TPSA) is 62.7 Å². The number of hydrogen-bond acceptors (Lipinski definition) is 5. The van der Waals surface area contributed by atoms with Crippen LogP contribution in [0.4, 0.5) is 5.69 Å². The van der Waals surface area contributed by atoms with E-state index in [1.165, 1.54) is 0 Å². The minimum atomic E-state index is -0.601. The smallest absolute Gasteiger partial charge is 0.268 e. The van der Waals surface area contributed by atoms with Gasteiger partial charge in [0.15, 0.2) is 6.10 Å². The molecule has 6 nitrogen and oxygen atoms in total. The Bertz CT molecular complexity index is 918. The predicted octanol–water partition coefficient (Wildman–Crippen LogP) is 4.28. The maximum atomic E-state index is 13.0. The van der Waals surface area contributed by atoms with Crippen molar-refractivity contribution < 1.29 is 14.3 Å². The van der Waals surface area contributed by atoms with Crippen LogP contribution in [0.5, 0.6) is 5.75 Å². The van der Waals surface area contributed by atoms with Crippen molar-refractivity contribution in [3.8, 4) is 17.0 Å². The number of fused-ring (bicyclic) bond motifs is 1. The maximum absolute atomic E-state index is 13.0. The van der Waals surface area contributed by atoms with Gasteiger partial charge in [-0.05, 0) is 50.8 Å². The van der Waals surface area contributed by atoms with Gasteiger partial charge in [-0.2, -0.15) is 0 Å². The highest BCUT2D eigenvalue weighted by molar-refractivity contribution is 7.09. The van der Waals surface area contributed by atoms with Crippen LogP contribution in [-0.2, 0) is 16.0 Å². The van der Waals surface area contributed by atoms with Crippen molar-refractivity contribution >= 4 is 28.8 Å². The van der Waals surface area contributed by atoms with Gasteiger partial charge in [0, 0.05) is 24.0 Å². The molecule has 7 heteroatoms. The van der Waals surface area contributed by atoms with Crippen LogP contribution in [-0.4, -0.2) is 47.4 Å². The van der Waals surface area contributed by atoms with Gasteiger partial charge in [-0.3, -0.25) is 14.5 Å². The van der Waals surface area contributed by atoms with Crippen LogP contribution in [0, 0.1) is 0 Å². The third kappa shape index (κ3) is 4.36. The highest BCUT2D eigenvalue weighted by Crippen LogP contribution is 2.38. The van der Waals surface area contributed by atoms with Gasteiger partial charge in [0.2, 0.25) is 5.91 Å². The zero-order valence-electron chi connectivity index (χ0n) is 17.7. The molecule has 1 fully saturated rings. The number of thiazole rings is 1. The zero-order chi connectivity index (χ0) is 21.1. The predicted molar refractivity (Wildman–Crippen MR) is 119 cm³/mol. The molecule has 1 unspecified atom stereocenters. The summed E-state index contributed by atoms with van der Waals surface area (Å²) in [5.41, 5.74) is 2.49. The van der Waals surface area contributed by atoms with Crippen LogP contribution in [0.2, 0.25) is 0 Å². The lowest BCUT2D eigenvalue weighted by molar-refractivity contribution is -0.133. The van der Waals surface area contributed by atoms with Gasteiger partial charge in [-0.15, -0.1) is 11.3 Å². The lowest BCUT2D eigenvalue weighted by Crippen LogP contribution is -2.49. The molecule has 1 saturated heterocycles. The Hall–Kier alpha value is -2.41. The number of aromatic nitrogens is 1. The third-order valence-electron chi connectivity index (χ3n) is 5.73. The normalized spacial score (nSPS) is 19.3. The number of nitrogens with zero attached hydrogens (tertiary/aromatic N) is 3. The number of rotatable bonds is 5. The molecule has 1 aromatic carbocycles. The van der Waals surface area contributed by atoms with Crippen LogP contribution in [0.3, 0.4) is 0 Å². The number of benzene rings is 1. The number of ether oxygens (including phenoxy) is 1. The van der Waals surface area contributed by atoms with E-state index in [4.69, 9.17) is 9.72 Å². The molecular weight excluding hydrogens is 398 g/mol. The fourth-order valence-corrected chi connectivity index (χ4v) is 4.97. The second kappa shape index (κ2) is 9.16. The van der Waals surface area contributed by atoms with Crippen molar-refractivity contribution in [2.75, 3.05) is 24.5 Å². The van der Waals surface area contributed by atoms with E-state index in [0.717, 1.165) is 67.9 Å². The molecule has 0 radical (unpaired) electrons. The van der Waals surface area contributed by atoms with Gasteiger partial charge in [0.1, 0.15) is 12.3 Å². The first-order chi connectivity index (χ1) is 14.6. The van der Waals surface area contributed by atoms with Crippen LogP contribution in [0.1, 0.15) is 51.0 Å². The minimum absolute atomic E-state index is 0.00888. The fraction of sp³-hybridized carbons (Fsp3) is 0.522. The molecule has 0 bridgehead atoms. The molecular formula is C23H29N3O3S. The second-order valence-corrected chi connectivity index (χ2v) is 8.98. The first-order valence-corrected chi connectivity index (χ1v) is 11.8. The van der Waals surface area contributed by atoms with E-state index >= 15 is 0 Å². The quantitative estimate of drug-likeness (QED) is 0.715. The summed E-state index contributed by atoms with van der Waals surface area (Å²) in [6, 6.07) is 5.79. The zero-order valence-corrected chi connectivity index (χ0v) is 18.5. The number of carbonyl (C=O) groups excluding carboxylic acids is 2. The summed E-state index contributed by atoms with van der Waals surface area (Å²) in [5.74, 6) is 0.473. The van der Waals surface area contributed by atoms with Crippen molar-refractivity contribution in [3.05, 3.63) is 28.6 Å². The first-order valence-electron chi connectivity index (χ1n) is 10.9. The summed E-state index contributed by atoms with van der Waals surface area (Å²) < 4.78 is 5.82. The second-order valence-electron chi connectivity index (χ2n) is 8.04. The molecule has 0 spiro atoms. The van der Waals surface area contributed by atoms with Crippen molar-refractivity contribution in [2.45, 2.75) is 58.5 Å². The van der Waals surface area contributed by atoms with Gasteiger partial charge < -0.3 is 9.64 Å². The fourth-order valence-electron chi connectivity index (χ4n) is 4.06. The number of aryl methyl sites for hydroxylation is 1. The number of amides is 2. The maximum Gasteiger partial charge on any atom is 0.268 e. The van der Waals surface area contributed by atoms with E-state index in [1.807, 2.05) is 28.5 Å². The van der Waals surface area contributed by atoms with Gasteiger partial charge >= 0.3 is 0 Å². The SMILES string of the molecule is CCCc1nc(-c2ccc3c(c2)N(CC(=O)N2CCCCCC2)C(=O)C(C)O3)cs1. The number of anilines is 1. The number of carbonyl (C=O) groups is 2. The molecule has 2 aliphatic rings. The molecule has 30 heavy (non-hydrogen) atoms. The highest BCUT2D eigenvalue weighted by atomic mass is 32.1. The Balaban J connectivity index is 1.61. The molecule has 4 rings (SSSR count). The monoisotopic (exact) mass is 427 g/mol. The van der Waals surface area contributed by atoms with E-state index in [1.54, 1.807) is 23.2 Å². The summed E-state index contributed by atoms with van der Waals surface area (Å²) in [4.78, 5) is 34.1. The van der Waals surface area contributed by atoms with Gasteiger partial charge in [-0.1, -0.05) is 19.8 Å². The Kier molecular flexibility index (Phi) is 6.37. The van der Waals surface area contributed by atoms with E-state index in [0.29, 0.717) is 11.4 Å². The standard InChI is InChI=1S/C23H29N3O3S/c1-3-8-21-24-18(15-30-21)17-9-10-20-19(13-17)26(23(28)16(2)29-20)14-22(27)25-11-6-4-5-7-12-25/h9-10,13,15-16H,3-8,11-12,14H2,1-2H3. The summed E-state index contributed by atoms with van der Waals surface area (Å²) in [7, 11) is 0. The highest BCUT2D eigenvalue weighted by Gasteiger charge is 2.34. The van der Waals surface area contributed by atoms with Crippen molar-refractivity contribution in [1.82, 2.24) is 9.88 Å². The Morgan fingerprint density at radius 3 is 2.73 bits per heavy atom. The lowest BCUT2D eigenvalue weighted by atomic mass is 10.1.